The summed E-state index contributed by atoms with van der Waals surface area (Å²) in [6, 6.07) is 9.93. The summed E-state index contributed by atoms with van der Waals surface area (Å²) in [7, 11) is 0. The van der Waals surface area contributed by atoms with Crippen molar-refractivity contribution in [1.82, 2.24) is 5.32 Å². The van der Waals surface area contributed by atoms with E-state index in [0.717, 1.165) is 24.3 Å². The molecule has 1 saturated carbocycles. The number of carbonyl (C=O) groups is 2. The van der Waals surface area contributed by atoms with E-state index in [4.69, 9.17) is 0 Å². The SMILES string of the molecule is CC1CCC(C2CC(=O)NC(=O)C2c2ccccc2)CC1. The molecule has 1 aromatic carbocycles. The van der Waals surface area contributed by atoms with Crippen LogP contribution in [0.5, 0.6) is 0 Å². The van der Waals surface area contributed by atoms with Crippen molar-refractivity contribution < 1.29 is 9.59 Å². The zero-order valence-electron chi connectivity index (χ0n) is 12.5. The standard InChI is InChI=1S/C18H23NO2/c1-12-7-9-13(10-8-12)15-11-16(20)19-18(21)17(15)14-5-3-2-4-6-14/h2-6,12-13,15,17H,7-11H2,1H3,(H,19,20,21). The van der Waals surface area contributed by atoms with Crippen LogP contribution >= 0.6 is 0 Å². The number of hydrogen-bond acceptors (Lipinski definition) is 2. The molecule has 2 amide bonds. The van der Waals surface area contributed by atoms with Crippen molar-refractivity contribution in [1.29, 1.82) is 0 Å². The molecule has 0 aromatic heterocycles. The molecular weight excluding hydrogens is 262 g/mol. The minimum atomic E-state index is -0.165. The van der Waals surface area contributed by atoms with E-state index in [2.05, 4.69) is 12.2 Å². The van der Waals surface area contributed by atoms with Crippen molar-refractivity contribution in [3.05, 3.63) is 35.9 Å². The predicted molar refractivity (Wildman–Crippen MR) is 81.6 cm³/mol. The largest absolute Gasteiger partial charge is 0.296 e. The number of imide groups is 1. The van der Waals surface area contributed by atoms with E-state index in [9.17, 15) is 9.59 Å². The van der Waals surface area contributed by atoms with Gasteiger partial charge in [0, 0.05) is 6.42 Å². The number of hydrogen-bond donors (Lipinski definition) is 1. The molecular formula is C18H23NO2. The van der Waals surface area contributed by atoms with Gasteiger partial charge in [0.2, 0.25) is 11.8 Å². The van der Waals surface area contributed by atoms with Crippen molar-refractivity contribution in [2.45, 2.75) is 44.9 Å². The van der Waals surface area contributed by atoms with Crippen LogP contribution in [0, 0.1) is 17.8 Å². The quantitative estimate of drug-likeness (QED) is 0.848. The van der Waals surface area contributed by atoms with E-state index in [1.165, 1.54) is 12.8 Å². The Kier molecular flexibility index (Phi) is 4.09. The molecule has 3 rings (SSSR count). The van der Waals surface area contributed by atoms with E-state index >= 15 is 0 Å². The molecule has 1 heterocycles. The fraction of sp³-hybridized carbons (Fsp3) is 0.556. The second kappa shape index (κ2) is 6.00. The molecule has 2 atom stereocenters. The fourth-order valence-corrected chi connectivity index (χ4v) is 4.00. The Bertz CT molecular complexity index is 517. The van der Waals surface area contributed by atoms with Gasteiger partial charge in [0.25, 0.3) is 0 Å². The van der Waals surface area contributed by atoms with Crippen LogP contribution in [0.3, 0.4) is 0 Å². The normalized spacial score (nSPS) is 33.6. The lowest BCUT2D eigenvalue weighted by atomic mass is 9.67. The molecule has 1 aromatic rings. The minimum Gasteiger partial charge on any atom is -0.296 e. The maximum Gasteiger partial charge on any atom is 0.234 e. The highest BCUT2D eigenvalue weighted by molar-refractivity contribution is 6.01. The van der Waals surface area contributed by atoms with Gasteiger partial charge in [0.1, 0.15) is 0 Å². The van der Waals surface area contributed by atoms with Gasteiger partial charge >= 0.3 is 0 Å². The summed E-state index contributed by atoms with van der Waals surface area (Å²) in [6.07, 6.45) is 5.23. The molecule has 2 aliphatic rings. The Morgan fingerprint density at radius 1 is 1.00 bits per heavy atom. The lowest BCUT2D eigenvalue weighted by Crippen LogP contribution is -2.47. The van der Waals surface area contributed by atoms with Crippen molar-refractivity contribution in [2.75, 3.05) is 0 Å². The minimum absolute atomic E-state index is 0.101. The van der Waals surface area contributed by atoms with Gasteiger partial charge < -0.3 is 0 Å². The monoisotopic (exact) mass is 285 g/mol. The predicted octanol–water partition coefficient (Wildman–Crippen LogP) is 3.26. The Hall–Kier alpha value is -1.64. The number of amides is 2. The Labute approximate surface area is 126 Å². The van der Waals surface area contributed by atoms with Crippen LogP contribution < -0.4 is 5.32 Å². The summed E-state index contributed by atoms with van der Waals surface area (Å²) in [5.41, 5.74) is 1.05. The molecule has 21 heavy (non-hydrogen) atoms. The molecule has 3 heteroatoms. The second-order valence-corrected chi connectivity index (χ2v) is 6.69. The van der Waals surface area contributed by atoms with E-state index in [-0.39, 0.29) is 23.7 Å². The molecule has 2 unspecified atom stereocenters. The van der Waals surface area contributed by atoms with Crippen molar-refractivity contribution in [2.24, 2.45) is 17.8 Å². The maximum absolute atomic E-state index is 12.4. The number of piperidine rings is 1. The molecule has 0 bridgehead atoms. The third-order valence-corrected chi connectivity index (χ3v) is 5.22. The van der Waals surface area contributed by atoms with Gasteiger partial charge in [-0.2, -0.15) is 0 Å². The summed E-state index contributed by atoms with van der Waals surface area (Å²) >= 11 is 0. The van der Waals surface area contributed by atoms with E-state index in [1.807, 2.05) is 30.3 Å². The molecule has 3 nitrogen and oxygen atoms in total. The van der Waals surface area contributed by atoms with Gasteiger partial charge in [0.15, 0.2) is 0 Å². The molecule has 1 aliphatic heterocycles. The molecule has 0 spiro atoms. The highest BCUT2D eigenvalue weighted by atomic mass is 16.2. The average Bonchev–Trinajstić information content (AvgIpc) is 2.48. The van der Waals surface area contributed by atoms with Crippen molar-refractivity contribution in [3.63, 3.8) is 0 Å². The van der Waals surface area contributed by atoms with Crippen molar-refractivity contribution >= 4 is 11.8 Å². The van der Waals surface area contributed by atoms with E-state index < -0.39 is 0 Å². The van der Waals surface area contributed by atoms with Gasteiger partial charge in [-0.1, -0.05) is 50.1 Å². The third kappa shape index (κ3) is 3.02. The number of nitrogens with one attached hydrogen (secondary N) is 1. The van der Waals surface area contributed by atoms with Crippen LogP contribution in [0.25, 0.3) is 0 Å². The summed E-state index contributed by atoms with van der Waals surface area (Å²) in [5.74, 6) is 1.08. The van der Waals surface area contributed by atoms with E-state index in [0.29, 0.717) is 12.3 Å². The number of carbonyl (C=O) groups excluding carboxylic acids is 2. The first-order valence-corrected chi connectivity index (χ1v) is 8.04. The molecule has 112 valence electrons. The first-order chi connectivity index (χ1) is 10.1. The molecule has 0 radical (unpaired) electrons. The van der Waals surface area contributed by atoms with Crippen molar-refractivity contribution in [3.8, 4) is 0 Å². The van der Waals surface area contributed by atoms with Gasteiger partial charge in [-0.15, -0.1) is 0 Å². The summed E-state index contributed by atoms with van der Waals surface area (Å²) in [5, 5.41) is 2.53. The first-order valence-electron chi connectivity index (χ1n) is 8.04. The Balaban J connectivity index is 1.86. The Morgan fingerprint density at radius 2 is 1.67 bits per heavy atom. The van der Waals surface area contributed by atoms with Crippen LogP contribution in [0.4, 0.5) is 0 Å². The first kappa shape index (κ1) is 14.3. The highest BCUT2D eigenvalue weighted by Gasteiger charge is 2.41. The molecule has 2 fully saturated rings. The Morgan fingerprint density at radius 3 is 2.33 bits per heavy atom. The topological polar surface area (TPSA) is 46.2 Å². The zero-order valence-corrected chi connectivity index (χ0v) is 12.5. The number of rotatable bonds is 2. The lowest BCUT2D eigenvalue weighted by Gasteiger charge is -2.39. The van der Waals surface area contributed by atoms with E-state index in [1.54, 1.807) is 0 Å². The van der Waals surface area contributed by atoms with Gasteiger partial charge in [-0.05, 0) is 36.2 Å². The van der Waals surface area contributed by atoms with Crippen LogP contribution in [-0.4, -0.2) is 11.8 Å². The van der Waals surface area contributed by atoms with Gasteiger partial charge in [-0.25, -0.2) is 0 Å². The average molecular weight is 285 g/mol. The van der Waals surface area contributed by atoms with Gasteiger partial charge in [0.05, 0.1) is 5.92 Å². The fourth-order valence-electron chi connectivity index (χ4n) is 4.00. The second-order valence-electron chi connectivity index (χ2n) is 6.69. The summed E-state index contributed by atoms with van der Waals surface area (Å²) in [6.45, 7) is 2.30. The zero-order chi connectivity index (χ0) is 14.8. The van der Waals surface area contributed by atoms with Crippen LogP contribution in [0.1, 0.15) is 50.5 Å². The third-order valence-electron chi connectivity index (χ3n) is 5.22. The highest BCUT2D eigenvalue weighted by Crippen LogP contribution is 2.43. The molecule has 1 aliphatic carbocycles. The van der Waals surface area contributed by atoms with Gasteiger partial charge in [-0.3, -0.25) is 14.9 Å². The maximum atomic E-state index is 12.4. The molecule has 1 saturated heterocycles. The van der Waals surface area contributed by atoms with Crippen LogP contribution in [-0.2, 0) is 9.59 Å². The number of benzene rings is 1. The summed E-state index contributed by atoms with van der Waals surface area (Å²) in [4.78, 5) is 24.2. The lowest BCUT2D eigenvalue weighted by molar-refractivity contribution is -0.137. The molecule has 1 N–H and O–H groups in total. The van der Waals surface area contributed by atoms with Crippen LogP contribution in [0.2, 0.25) is 0 Å². The summed E-state index contributed by atoms with van der Waals surface area (Å²) < 4.78 is 0. The smallest absolute Gasteiger partial charge is 0.234 e. The van der Waals surface area contributed by atoms with Crippen LogP contribution in [0.15, 0.2) is 30.3 Å².